The van der Waals surface area contributed by atoms with Crippen LogP contribution in [0.15, 0.2) is 53.3 Å². The Morgan fingerprint density at radius 2 is 2.04 bits per heavy atom. The molecule has 118 valence electrons. The SMILES string of the molecule is CCOC(=O)N(C(=O)Cc1c[nH]c2ccccc12)c1ccco1. The molecule has 6 nitrogen and oxygen atoms in total. The number of furan rings is 1. The fourth-order valence-electron chi connectivity index (χ4n) is 2.42. The predicted molar refractivity (Wildman–Crippen MR) is 85.2 cm³/mol. The smallest absolute Gasteiger partial charge is 0.423 e. The molecule has 0 bridgehead atoms. The molecule has 6 heteroatoms. The fourth-order valence-corrected chi connectivity index (χ4v) is 2.42. The van der Waals surface area contributed by atoms with Gasteiger partial charge in [-0.1, -0.05) is 18.2 Å². The highest BCUT2D eigenvalue weighted by molar-refractivity contribution is 6.12. The first-order chi connectivity index (χ1) is 11.2. The number of carbonyl (C=O) groups is 2. The largest absolute Gasteiger partial charge is 0.449 e. The Labute approximate surface area is 132 Å². The topological polar surface area (TPSA) is 75.5 Å². The summed E-state index contributed by atoms with van der Waals surface area (Å²) in [6.45, 7) is 1.86. The molecule has 0 radical (unpaired) electrons. The van der Waals surface area contributed by atoms with Crippen LogP contribution in [0.25, 0.3) is 10.9 Å². The number of nitrogens with zero attached hydrogens (tertiary/aromatic N) is 1. The molecule has 2 heterocycles. The van der Waals surface area contributed by atoms with Gasteiger partial charge in [0.15, 0.2) is 0 Å². The fraction of sp³-hybridized carbons (Fsp3) is 0.176. The zero-order valence-corrected chi connectivity index (χ0v) is 12.6. The third-order valence-corrected chi connectivity index (χ3v) is 3.44. The molecule has 2 aromatic heterocycles. The van der Waals surface area contributed by atoms with Crippen LogP contribution in [0.4, 0.5) is 10.7 Å². The van der Waals surface area contributed by atoms with E-state index in [1.807, 2.05) is 24.3 Å². The molecule has 1 N–H and O–H groups in total. The maximum absolute atomic E-state index is 12.6. The molecule has 3 rings (SSSR count). The summed E-state index contributed by atoms with van der Waals surface area (Å²) < 4.78 is 10.1. The van der Waals surface area contributed by atoms with Crippen molar-refractivity contribution in [1.82, 2.24) is 4.98 Å². The van der Waals surface area contributed by atoms with Crippen molar-refractivity contribution in [2.24, 2.45) is 0 Å². The van der Waals surface area contributed by atoms with Crippen molar-refractivity contribution in [3.05, 3.63) is 54.4 Å². The first-order valence-electron chi connectivity index (χ1n) is 7.29. The minimum atomic E-state index is -0.743. The van der Waals surface area contributed by atoms with Gasteiger partial charge in [0, 0.05) is 23.2 Å². The molecule has 0 spiro atoms. The van der Waals surface area contributed by atoms with Gasteiger partial charge in [-0.05, 0) is 24.6 Å². The van der Waals surface area contributed by atoms with Crippen molar-refractivity contribution >= 4 is 28.8 Å². The maximum Gasteiger partial charge on any atom is 0.423 e. The summed E-state index contributed by atoms with van der Waals surface area (Å²) in [6, 6.07) is 10.8. The number of rotatable bonds is 4. The number of benzene rings is 1. The minimum Gasteiger partial charge on any atom is -0.449 e. The molecule has 23 heavy (non-hydrogen) atoms. The van der Waals surface area contributed by atoms with Gasteiger partial charge in [-0.15, -0.1) is 0 Å². The van der Waals surface area contributed by atoms with Crippen molar-refractivity contribution in [1.29, 1.82) is 0 Å². The third-order valence-electron chi connectivity index (χ3n) is 3.44. The maximum atomic E-state index is 12.6. The minimum absolute atomic E-state index is 0.0591. The van der Waals surface area contributed by atoms with Gasteiger partial charge in [0.1, 0.15) is 0 Å². The summed E-state index contributed by atoms with van der Waals surface area (Å²) in [5.41, 5.74) is 1.75. The number of aromatic amines is 1. The lowest BCUT2D eigenvalue weighted by Crippen LogP contribution is -2.38. The van der Waals surface area contributed by atoms with Gasteiger partial charge in [-0.25, -0.2) is 4.79 Å². The molecular formula is C17H16N2O4. The van der Waals surface area contributed by atoms with Crippen LogP contribution in [0.5, 0.6) is 0 Å². The van der Waals surface area contributed by atoms with E-state index in [4.69, 9.17) is 9.15 Å². The summed E-state index contributed by atoms with van der Waals surface area (Å²) in [4.78, 5) is 28.7. The van der Waals surface area contributed by atoms with Gasteiger partial charge >= 0.3 is 6.09 Å². The number of imide groups is 1. The van der Waals surface area contributed by atoms with Crippen LogP contribution in [0.2, 0.25) is 0 Å². The number of aromatic nitrogens is 1. The van der Waals surface area contributed by atoms with E-state index in [-0.39, 0.29) is 18.9 Å². The van der Waals surface area contributed by atoms with Crippen LogP contribution in [0, 0.1) is 0 Å². The van der Waals surface area contributed by atoms with Crippen LogP contribution in [0.1, 0.15) is 12.5 Å². The Balaban J connectivity index is 1.88. The Morgan fingerprint density at radius 1 is 1.22 bits per heavy atom. The molecule has 2 amide bonds. The molecule has 0 aliphatic carbocycles. The Morgan fingerprint density at radius 3 is 2.78 bits per heavy atom. The van der Waals surface area contributed by atoms with Crippen molar-refractivity contribution in [2.75, 3.05) is 11.5 Å². The second-order valence-corrected chi connectivity index (χ2v) is 4.92. The number of nitrogens with one attached hydrogen (secondary N) is 1. The summed E-state index contributed by atoms with van der Waals surface area (Å²) in [7, 11) is 0. The summed E-state index contributed by atoms with van der Waals surface area (Å²) >= 11 is 0. The van der Waals surface area contributed by atoms with Crippen LogP contribution in [-0.4, -0.2) is 23.6 Å². The quantitative estimate of drug-likeness (QED) is 0.800. The zero-order chi connectivity index (χ0) is 16.2. The molecule has 0 fully saturated rings. The van der Waals surface area contributed by atoms with Crippen LogP contribution in [-0.2, 0) is 16.0 Å². The number of carbonyl (C=O) groups excluding carboxylic acids is 2. The van der Waals surface area contributed by atoms with Crippen LogP contribution in [0.3, 0.4) is 0 Å². The summed E-state index contributed by atoms with van der Waals surface area (Å²) in [5, 5.41) is 0.948. The molecule has 0 saturated heterocycles. The lowest BCUT2D eigenvalue weighted by atomic mass is 10.1. The molecule has 0 aliphatic heterocycles. The van der Waals surface area contributed by atoms with Gasteiger partial charge in [-0.3, -0.25) is 4.79 Å². The van der Waals surface area contributed by atoms with Gasteiger partial charge in [0.25, 0.3) is 0 Å². The van der Waals surface area contributed by atoms with Crippen molar-refractivity contribution in [3.63, 3.8) is 0 Å². The van der Waals surface area contributed by atoms with E-state index in [2.05, 4.69) is 4.98 Å². The second-order valence-electron chi connectivity index (χ2n) is 4.92. The average Bonchev–Trinajstić information content (AvgIpc) is 3.19. The van der Waals surface area contributed by atoms with Crippen molar-refractivity contribution in [3.8, 4) is 0 Å². The van der Waals surface area contributed by atoms with Crippen molar-refractivity contribution < 1.29 is 18.7 Å². The number of ether oxygens (including phenoxy) is 1. The first kappa shape index (κ1) is 14.9. The summed E-state index contributed by atoms with van der Waals surface area (Å²) in [5.74, 6) is -0.267. The van der Waals surface area contributed by atoms with Gasteiger partial charge in [0.2, 0.25) is 11.8 Å². The standard InChI is InChI=1S/C17H16N2O4/c1-2-22-17(21)19(16-8-5-9-23-16)15(20)10-12-11-18-14-7-4-3-6-13(12)14/h3-9,11,18H,2,10H2,1H3. The van der Waals surface area contributed by atoms with Crippen molar-refractivity contribution in [2.45, 2.75) is 13.3 Å². The molecule has 0 unspecified atom stereocenters. The van der Waals surface area contributed by atoms with E-state index in [0.29, 0.717) is 0 Å². The Bertz CT molecular complexity index is 820. The number of hydrogen-bond acceptors (Lipinski definition) is 4. The predicted octanol–water partition coefficient (Wildman–Crippen LogP) is 3.49. The number of amides is 2. The normalized spacial score (nSPS) is 10.7. The van der Waals surface area contributed by atoms with Gasteiger partial charge in [-0.2, -0.15) is 4.90 Å². The number of fused-ring (bicyclic) bond motifs is 1. The Hall–Kier alpha value is -3.02. The molecule has 1 aromatic carbocycles. The lowest BCUT2D eigenvalue weighted by molar-refractivity contribution is -0.117. The number of H-pyrrole nitrogens is 1. The van der Waals surface area contributed by atoms with E-state index in [1.54, 1.807) is 25.3 Å². The molecule has 0 aliphatic rings. The highest BCUT2D eigenvalue weighted by atomic mass is 16.6. The highest BCUT2D eigenvalue weighted by Crippen LogP contribution is 2.21. The molecule has 0 atom stereocenters. The highest BCUT2D eigenvalue weighted by Gasteiger charge is 2.27. The number of hydrogen-bond donors (Lipinski definition) is 1. The molecule has 3 aromatic rings. The van der Waals surface area contributed by atoms with E-state index < -0.39 is 12.0 Å². The number of anilines is 1. The van der Waals surface area contributed by atoms with Gasteiger partial charge in [0.05, 0.1) is 19.3 Å². The van der Waals surface area contributed by atoms with Crippen LogP contribution >= 0.6 is 0 Å². The van der Waals surface area contributed by atoms with E-state index in [1.165, 1.54) is 6.26 Å². The number of para-hydroxylation sites is 1. The van der Waals surface area contributed by atoms with E-state index >= 15 is 0 Å². The van der Waals surface area contributed by atoms with Gasteiger partial charge < -0.3 is 14.1 Å². The lowest BCUT2D eigenvalue weighted by Gasteiger charge is -2.17. The Kier molecular flexibility index (Phi) is 4.14. The second kappa shape index (κ2) is 6.39. The average molecular weight is 312 g/mol. The van der Waals surface area contributed by atoms with E-state index in [0.717, 1.165) is 21.4 Å². The van der Waals surface area contributed by atoms with E-state index in [9.17, 15) is 9.59 Å². The monoisotopic (exact) mass is 312 g/mol. The van der Waals surface area contributed by atoms with Crippen LogP contribution < -0.4 is 4.90 Å². The third kappa shape index (κ3) is 2.96. The zero-order valence-electron chi connectivity index (χ0n) is 12.6. The molecular weight excluding hydrogens is 296 g/mol. The molecule has 0 saturated carbocycles. The first-order valence-corrected chi connectivity index (χ1v) is 7.29. The summed E-state index contributed by atoms with van der Waals surface area (Å²) in [6.07, 6.45) is 2.49.